The Bertz CT molecular complexity index is 1330. The lowest BCUT2D eigenvalue weighted by atomic mass is 9.80. The molecule has 11 heteroatoms. The van der Waals surface area contributed by atoms with Gasteiger partial charge in [0.05, 0.1) is 11.0 Å². The molecule has 2 heterocycles. The van der Waals surface area contributed by atoms with Crippen LogP contribution in [0.15, 0.2) is 42.5 Å². The molecule has 2 aromatic carbocycles. The van der Waals surface area contributed by atoms with E-state index >= 15 is 4.39 Å². The second-order valence-electron chi connectivity index (χ2n) is 12.0. The van der Waals surface area contributed by atoms with E-state index in [0.29, 0.717) is 64.1 Å². The molecule has 0 aliphatic carbocycles. The number of carboxylic acids is 1. The van der Waals surface area contributed by atoms with Gasteiger partial charge in [0.15, 0.2) is 0 Å². The summed E-state index contributed by atoms with van der Waals surface area (Å²) in [5, 5.41) is 20.5. The van der Waals surface area contributed by atoms with Crippen LogP contribution >= 0.6 is 0 Å². The number of halogens is 2. The molecule has 0 unspecified atom stereocenters. The molecule has 0 spiro atoms. The van der Waals surface area contributed by atoms with Gasteiger partial charge in [-0.05, 0) is 75.4 Å². The zero-order valence-electron chi connectivity index (χ0n) is 25.0. The Hall–Kier alpha value is -4.02. The van der Waals surface area contributed by atoms with Crippen molar-refractivity contribution in [2.75, 3.05) is 44.2 Å². The van der Waals surface area contributed by atoms with Crippen molar-refractivity contribution in [3.8, 4) is 0 Å². The third-order valence-corrected chi connectivity index (χ3v) is 8.78. The summed E-state index contributed by atoms with van der Waals surface area (Å²) in [7, 11) is 0. The molecule has 2 aliphatic rings. The van der Waals surface area contributed by atoms with Gasteiger partial charge in [0, 0.05) is 63.0 Å². The van der Waals surface area contributed by atoms with E-state index in [0.717, 1.165) is 5.69 Å². The number of anilines is 1. The maximum atomic E-state index is 15.2. The molecule has 0 bridgehead atoms. The molecule has 232 valence electrons. The van der Waals surface area contributed by atoms with Crippen molar-refractivity contribution < 1.29 is 28.3 Å². The van der Waals surface area contributed by atoms with Gasteiger partial charge in [0.1, 0.15) is 17.5 Å². The summed E-state index contributed by atoms with van der Waals surface area (Å²) in [6.45, 7) is 8.66. The minimum absolute atomic E-state index is 0.0461. The monoisotopic (exact) mass is 597 g/mol. The first-order chi connectivity index (χ1) is 20.4. The lowest BCUT2D eigenvalue weighted by molar-refractivity contribution is -0.143. The van der Waals surface area contributed by atoms with Gasteiger partial charge in [-0.15, -0.1) is 0 Å². The van der Waals surface area contributed by atoms with Crippen molar-refractivity contribution >= 4 is 29.3 Å². The molecular formula is C32H41F2N5O4. The van der Waals surface area contributed by atoms with Crippen LogP contribution in [0.3, 0.4) is 0 Å². The number of aliphatic carboxylic acids is 1. The zero-order chi connectivity index (χ0) is 31.3. The third-order valence-electron chi connectivity index (χ3n) is 8.78. The number of amidine groups is 1. The molecule has 0 aromatic heterocycles. The van der Waals surface area contributed by atoms with Gasteiger partial charge in [-0.25, -0.2) is 8.78 Å². The number of likely N-dealkylation sites (tertiary alicyclic amines) is 1. The topological polar surface area (TPSA) is 117 Å². The Morgan fingerprint density at radius 3 is 2.16 bits per heavy atom. The Kier molecular flexibility index (Phi) is 10.0. The largest absolute Gasteiger partial charge is 0.481 e. The fraction of sp³-hybridized carbons (Fsp3) is 0.500. The summed E-state index contributed by atoms with van der Waals surface area (Å²) in [5.41, 5.74) is 0.148. The maximum absolute atomic E-state index is 15.2. The molecule has 2 aliphatic heterocycles. The summed E-state index contributed by atoms with van der Waals surface area (Å²) in [5.74, 6) is -2.42. The highest BCUT2D eigenvalue weighted by Gasteiger charge is 2.41. The summed E-state index contributed by atoms with van der Waals surface area (Å²) in [6.07, 6.45) is 1.78. The van der Waals surface area contributed by atoms with E-state index in [1.807, 2.05) is 11.8 Å². The first-order valence-corrected chi connectivity index (χ1v) is 14.9. The first kappa shape index (κ1) is 31.9. The van der Waals surface area contributed by atoms with Crippen molar-refractivity contribution in [2.45, 2.75) is 52.5 Å². The number of nitrogens with zero attached hydrogens (tertiary/aromatic N) is 3. The van der Waals surface area contributed by atoms with Crippen LogP contribution in [-0.4, -0.2) is 83.8 Å². The minimum atomic E-state index is -0.960. The molecule has 2 aromatic rings. The summed E-state index contributed by atoms with van der Waals surface area (Å²) in [4.78, 5) is 43.3. The van der Waals surface area contributed by atoms with Crippen LogP contribution in [-0.2, 0) is 9.59 Å². The quantitative estimate of drug-likeness (QED) is 0.292. The molecular weight excluding hydrogens is 556 g/mol. The molecule has 4 rings (SSSR count). The Morgan fingerprint density at radius 2 is 1.60 bits per heavy atom. The highest BCUT2D eigenvalue weighted by Crippen LogP contribution is 2.30. The molecule has 1 atom stereocenters. The number of benzene rings is 2. The van der Waals surface area contributed by atoms with Crippen LogP contribution in [0.25, 0.3) is 0 Å². The van der Waals surface area contributed by atoms with Gasteiger partial charge in [-0.1, -0.05) is 13.0 Å². The SMILES string of the molecule is CC[C@@H](NC(=O)c1ccc(C(=N)N2CCN(c3ccc(F)cc3)CC2)cc1F)C(C)(C)C(=O)N1CCC(CC(=O)O)CC1. The summed E-state index contributed by atoms with van der Waals surface area (Å²) in [6, 6.07) is 9.86. The normalized spacial score (nSPS) is 17.0. The van der Waals surface area contributed by atoms with Crippen molar-refractivity contribution in [1.82, 2.24) is 15.1 Å². The van der Waals surface area contributed by atoms with E-state index in [-0.39, 0.29) is 35.5 Å². The van der Waals surface area contributed by atoms with Crippen LogP contribution < -0.4 is 10.2 Å². The number of piperazine rings is 1. The molecule has 2 saturated heterocycles. The van der Waals surface area contributed by atoms with Crippen molar-refractivity contribution in [3.05, 3.63) is 65.2 Å². The fourth-order valence-corrected chi connectivity index (χ4v) is 6.04. The van der Waals surface area contributed by atoms with Crippen LogP contribution in [0.4, 0.5) is 14.5 Å². The van der Waals surface area contributed by atoms with Crippen LogP contribution in [0, 0.1) is 28.4 Å². The molecule has 2 fully saturated rings. The van der Waals surface area contributed by atoms with Gasteiger partial charge < -0.3 is 25.1 Å². The number of rotatable bonds is 9. The van der Waals surface area contributed by atoms with E-state index in [4.69, 9.17) is 10.5 Å². The second kappa shape index (κ2) is 13.5. The first-order valence-electron chi connectivity index (χ1n) is 14.9. The Balaban J connectivity index is 1.35. The van der Waals surface area contributed by atoms with Crippen LogP contribution in [0.1, 0.15) is 62.4 Å². The molecule has 43 heavy (non-hydrogen) atoms. The van der Waals surface area contributed by atoms with E-state index in [1.165, 1.54) is 24.3 Å². The number of nitrogens with one attached hydrogen (secondary N) is 2. The van der Waals surface area contributed by atoms with Gasteiger partial charge in [-0.2, -0.15) is 0 Å². The zero-order valence-corrected chi connectivity index (χ0v) is 25.0. The number of hydrogen-bond acceptors (Lipinski definition) is 5. The van der Waals surface area contributed by atoms with Crippen molar-refractivity contribution in [1.29, 1.82) is 5.41 Å². The number of amides is 2. The Labute approximate surface area is 251 Å². The van der Waals surface area contributed by atoms with Crippen molar-refractivity contribution in [2.24, 2.45) is 11.3 Å². The molecule has 9 nitrogen and oxygen atoms in total. The maximum Gasteiger partial charge on any atom is 0.303 e. The van der Waals surface area contributed by atoms with E-state index in [9.17, 15) is 18.8 Å². The lowest BCUT2D eigenvalue weighted by Crippen LogP contribution is -2.54. The molecule has 0 saturated carbocycles. The average Bonchev–Trinajstić information content (AvgIpc) is 2.99. The van der Waals surface area contributed by atoms with Crippen LogP contribution in [0.2, 0.25) is 0 Å². The molecule has 3 N–H and O–H groups in total. The molecule has 2 amide bonds. The molecule has 0 radical (unpaired) electrons. The number of carboxylic acid groups (broad SMARTS) is 1. The number of piperidine rings is 1. The van der Waals surface area contributed by atoms with Gasteiger partial charge in [-0.3, -0.25) is 19.8 Å². The summed E-state index contributed by atoms with van der Waals surface area (Å²) >= 11 is 0. The van der Waals surface area contributed by atoms with E-state index in [2.05, 4.69) is 10.2 Å². The second-order valence-corrected chi connectivity index (χ2v) is 12.0. The summed E-state index contributed by atoms with van der Waals surface area (Å²) < 4.78 is 28.5. The van der Waals surface area contributed by atoms with Gasteiger partial charge >= 0.3 is 5.97 Å². The minimum Gasteiger partial charge on any atom is -0.481 e. The van der Waals surface area contributed by atoms with Gasteiger partial charge in [0.25, 0.3) is 5.91 Å². The third kappa shape index (κ3) is 7.50. The smallest absolute Gasteiger partial charge is 0.303 e. The lowest BCUT2D eigenvalue weighted by Gasteiger charge is -2.40. The van der Waals surface area contributed by atoms with E-state index < -0.39 is 29.2 Å². The van der Waals surface area contributed by atoms with E-state index in [1.54, 1.807) is 36.9 Å². The predicted octanol–water partition coefficient (Wildman–Crippen LogP) is 4.36. The van der Waals surface area contributed by atoms with Crippen molar-refractivity contribution in [3.63, 3.8) is 0 Å². The highest BCUT2D eigenvalue weighted by molar-refractivity contribution is 5.99. The number of carbonyl (C=O) groups is 3. The predicted molar refractivity (Wildman–Crippen MR) is 160 cm³/mol. The Morgan fingerprint density at radius 1 is 0.977 bits per heavy atom. The highest BCUT2D eigenvalue weighted by atomic mass is 19.1. The average molecular weight is 598 g/mol. The number of carbonyl (C=O) groups excluding carboxylic acids is 2. The van der Waals surface area contributed by atoms with Crippen LogP contribution in [0.5, 0.6) is 0 Å². The fourth-order valence-electron chi connectivity index (χ4n) is 6.04. The number of hydrogen-bond donors (Lipinski definition) is 3. The van der Waals surface area contributed by atoms with Gasteiger partial charge in [0.2, 0.25) is 5.91 Å². The standard InChI is InChI=1S/C32H41F2N5O4/c1-4-27(32(2,3)31(43)39-13-11-21(12-14-39)19-28(40)41)36-30(42)25-10-5-22(20-26(25)34)29(35)38-17-15-37(16-18-38)24-8-6-23(33)7-9-24/h5-10,20-21,27,35H,4,11-19H2,1-3H3,(H,36,42)(H,40,41)/t27-/m1/s1.